The Morgan fingerprint density at radius 2 is 1.88 bits per heavy atom. The fourth-order valence-corrected chi connectivity index (χ4v) is 2.12. The molecule has 0 amide bonds. The first-order valence-corrected chi connectivity index (χ1v) is 5.26. The summed E-state index contributed by atoms with van der Waals surface area (Å²) >= 11 is 0. The zero-order valence-electron chi connectivity index (χ0n) is 8.92. The van der Waals surface area contributed by atoms with Gasteiger partial charge in [-0.15, -0.1) is 0 Å². The molecular formula is C14H9NO2. The number of carbonyl (C=O) groups is 1. The van der Waals surface area contributed by atoms with E-state index in [1.807, 2.05) is 24.3 Å². The second-order valence-corrected chi connectivity index (χ2v) is 3.87. The normalized spacial score (nSPS) is 10.8. The molecule has 3 aromatic rings. The number of aromatic carboxylic acids is 1. The van der Waals surface area contributed by atoms with Crippen molar-refractivity contribution < 1.29 is 9.90 Å². The van der Waals surface area contributed by atoms with Crippen molar-refractivity contribution in [3.63, 3.8) is 0 Å². The van der Waals surface area contributed by atoms with Crippen LogP contribution in [0.1, 0.15) is 10.4 Å². The van der Waals surface area contributed by atoms with Gasteiger partial charge < -0.3 is 5.11 Å². The third-order valence-electron chi connectivity index (χ3n) is 2.91. The number of carboxylic acid groups (broad SMARTS) is 1. The Kier molecular flexibility index (Phi) is 2.05. The molecule has 82 valence electrons. The second-order valence-electron chi connectivity index (χ2n) is 3.87. The van der Waals surface area contributed by atoms with Crippen LogP contribution in [0, 0.1) is 0 Å². The minimum atomic E-state index is -0.899. The molecule has 3 rings (SSSR count). The van der Waals surface area contributed by atoms with Crippen LogP contribution in [0.25, 0.3) is 21.5 Å². The number of benzene rings is 2. The number of hydrogen-bond acceptors (Lipinski definition) is 2. The zero-order valence-corrected chi connectivity index (χ0v) is 8.92. The lowest BCUT2D eigenvalue weighted by atomic mass is 10.00. The van der Waals surface area contributed by atoms with Crippen molar-refractivity contribution in [3.8, 4) is 0 Å². The van der Waals surface area contributed by atoms with Gasteiger partial charge in [-0.05, 0) is 28.3 Å². The molecule has 1 heterocycles. The molecule has 0 spiro atoms. The molecule has 0 aliphatic heterocycles. The Labute approximate surface area is 97.3 Å². The lowest BCUT2D eigenvalue weighted by Gasteiger charge is -2.05. The molecule has 0 fully saturated rings. The van der Waals surface area contributed by atoms with Gasteiger partial charge in [0.2, 0.25) is 0 Å². The maximum absolute atomic E-state index is 11.1. The molecule has 0 bridgehead atoms. The Hall–Kier alpha value is -2.42. The van der Waals surface area contributed by atoms with Crippen molar-refractivity contribution in [3.05, 3.63) is 54.4 Å². The predicted octanol–water partition coefficient (Wildman–Crippen LogP) is 3.09. The molecule has 0 saturated heterocycles. The van der Waals surface area contributed by atoms with E-state index >= 15 is 0 Å². The summed E-state index contributed by atoms with van der Waals surface area (Å²) < 4.78 is 0. The molecule has 3 nitrogen and oxygen atoms in total. The van der Waals surface area contributed by atoms with E-state index in [0.29, 0.717) is 5.56 Å². The molecular weight excluding hydrogens is 214 g/mol. The minimum Gasteiger partial charge on any atom is -0.478 e. The van der Waals surface area contributed by atoms with Crippen LogP contribution in [0.15, 0.2) is 48.8 Å². The van der Waals surface area contributed by atoms with Crippen LogP contribution >= 0.6 is 0 Å². The van der Waals surface area contributed by atoms with Crippen LogP contribution in [-0.4, -0.2) is 16.1 Å². The van der Waals surface area contributed by atoms with E-state index in [0.717, 1.165) is 21.5 Å². The van der Waals surface area contributed by atoms with Crippen molar-refractivity contribution in [2.24, 2.45) is 0 Å². The average Bonchev–Trinajstić information content (AvgIpc) is 2.37. The van der Waals surface area contributed by atoms with Crippen molar-refractivity contribution in [1.82, 2.24) is 4.98 Å². The minimum absolute atomic E-state index is 0.334. The number of fused-ring (bicyclic) bond motifs is 3. The van der Waals surface area contributed by atoms with E-state index < -0.39 is 5.97 Å². The summed E-state index contributed by atoms with van der Waals surface area (Å²) in [4.78, 5) is 15.2. The van der Waals surface area contributed by atoms with Crippen molar-refractivity contribution >= 4 is 27.5 Å². The van der Waals surface area contributed by atoms with E-state index in [1.165, 1.54) is 0 Å². The number of nitrogens with zero attached hydrogens (tertiary/aromatic N) is 1. The Balaban J connectivity index is 2.52. The van der Waals surface area contributed by atoms with E-state index in [4.69, 9.17) is 5.11 Å². The van der Waals surface area contributed by atoms with Crippen molar-refractivity contribution in [2.75, 3.05) is 0 Å². The molecule has 0 atom stereocenters. The summed E-state index contributed by atoms with van der Waals surface area (Å²) in [5, 5.41) is 12.9. The highest BCUT2D eigenvalue weighted by molar-refractivity contribution is 6.13. The third-order valence-corrected chi connectivity index (χ3v) is 2.91. The maximum Gasteiger partial charge on any atom is 0.336 e. The third kappa shape index (κ3) is 1.44. The Bertz CT molecular complexity index is 734. The lowest BCUT2D eigenvalue weighted by molar-refractivity contribution is 0.0699. The van der Waals surface area contributed by atoms with Crippen LogP contribution in [0.2, 0.25) is 0 Å². The fraction of sp³-hybridized carbons (Fsp3) is 0. The van der Waals surface area contributed by atoms with Gasteiger partial charge in [0, 0.05) is 17.8 Å². The molecule has 0 unspecified atom stereocenters. The summed E-state index contributed by atoms with van der Waals surface area (Å²) in [6, 6.07) is 11.0. The highest BCUT2D eigenvalue weighted by Crippen LogP contribution is 2.26. The number of rotatable bonds is 1. The Morgan fingerprint density at radius 1 is 1.00 bits per heavy atom. The molecule has 0 aliphatic rings. The average molecular weight is 223 g/mol. The summed E-state index contributed by atoms with van der Waals surface area (Å²) in [7, 11) is 0. The highest BCUT2D eigenvalue weighted by atomic mass is 16.4. The summed E-state index contributed by atoms with van der Waals surface area (Å²) in [6.45, 7) is 0. The molecule has 1 N–H and O–H groups in total. The molecule has 3 heteroatoms. The van der Waals surface area contributed by atoms with Gasteiger partial charge in [-0.2, -0.15) is 0 Å². The van der Waals surface area contributed by atoms with E-state index in [1.54, 1.807) is 24.5 Å². The molecule has 17 heavy (non-hydrogen) atoms. The van der Waals surface area contributed by atoms with E-state index in [2.05, 4.69) is 4.98 Å². The van der Waals surface area contributed by atoms with E-state index in [9.17, 15) is 4.79 Å². The number of carboxylic acids is 1. The van der Waals surface area contributed by atoms with Gasteiger partial charge in [-0.1, -0.05) is 24.3 Å². The van der Waals surface area contributed by atoms with Crippen LogP contribution in [0.3, 0.4) is 0 Å². The van der Waals surface area contributed by atoms with Gasteiger partial charge in [0.05, 0.1) is 5.56 Å². The first-order valence-electron chi connectivity index (χ1n) is 5.26. The number of aromatic nitrogens is 1. The Morgan fingerprint density at radius 3 is 2.71 bits per heavy atom. The molecule has 2 aromatic carbocycles. The summed E-state index contributed by atoms with van der Waals surface area (Å²) in [5.41, 5.74) is 0.334. The standard InChI is InChI=1S/C14H9NO2/c16-14(17)13-3-1-2-11-10-6-7-15-8-9(10)4-5-12(11)13/h1-8H,(H,16,17). The SMILES string of the molecule is O=C(O)c1cccc2c1ccc1cnccc12. The van der Waals surface area contributed by atoms with Gasteiger partial charge in [0.25, 0.3) is 0 Å². The smallest absolute Gasteiger partial charge is 0.336 e. The van der Waals surface area contributed by atoms with Gasteiger partial charge in [-0.3, -0.25) is 4.98 Å². The van der Waals surface area contributed by atoms with Crippen molar-refractivity contribution in [2.45, 2.75) is 0 Å². The maximum atomic E-state index is 11.1. The van der Waals surface area contributed by atoms with Crippen LogP contribution in [0.4, 0.5) is 0 Å². The predicted molar refractivity (Wildman–Crippen MR) is 66.2 cm³/mol. The van der Waals surface area contributed by atoms with Crippen LogP contribution < -0.4 is 0 Å². The van der Waals surface area contributed by atoms with Gasteiger partial charge in [-0.25, -0.2) is 4.79 Å². The van der Waals surface area contributed by atoms with Gasteiger partial charge >= 0.3 is 5.97 Å². The summed E-state index contributed by atoms with van der Waals surface area (Å²) in [5.74, 6) is -0.899. The van der Waals surface area contributed by atoms with E-state index in [-0.39, 0.29) is 0 Å². The first-order chi connectivity index (χ1) is 8.27. The second kappa shape index (κ2) is 3.56. The quantitative estimate of drug-likeness (QED) is 0.645. The fourth-order valence-electron chi connectivity index (χ4n) is 2.12. The largest absolute Gasteiger partial charge is 0.478 e. The molecule has 0 radical (unpaired) electrons. The number of hydrogen-bond donors (Lipinski definition) is 1. The number of pyridine rings is 1. The topological polar surface area (TPSA) is 50.2 Å². The zero-order chi connectivity index (χ0) is 11.8. The van der Waals surface area contributed by atoms with Crippen LogP contribution in [0.5, 0.6) is 0 Å². The lowest BCUT2D eigenvalue weighted by Crippen LogP contribution is -1.97. The van der Waals surface area contributed by atoms with Crippen LogP contribution in [-0.2, 0) is 0 Å². The van der Waals surface area contributed by atoms with Gasteiger partial charge in [0.15, 0.2) is 0 Å². The highest BCUT2D eigenvalue weighted by Gasteiger charge is 2.09. The van der Waals surface area contributed by atoms with Crippen molar-refractivity contribution in [1.29, 1.82) is 0 Å². The van der Waals surface area contributed by atoms with Gasteiger partial charge in [0.1, 0.15) is 0 Å². The molecule has 0 saturated carbocycles. The monoisotopic (exact) mass is 223 g/mol. The molecule has 0 aliphatic carbocycles. The first kappa shape index (κ1) is 9.78. The summed E-state index contributed by atoms with van der Waals surface area (Å²) in [6.07, 6.45) is 3.50. The molecule has 1 aromatic heterocycles.